The third kappa shape index (κ3) is 8.40. The molecule has 4 rings (SSSR count). The number of amides is 2. The number of benzene rings is 3. The van der Waals surface area contributed by atoms with E-state index in [9.17, 15) is 18.0 Å². The first-order chi connectivity index (χ1) is 20.9. The van der Waals surface area contributed by atoms with Crippen molar-refractivity contribution >= 4 is 73.9 Å². The first-order valence-corrected chi connectivity index (χ1v) is 17.4. The fraction of sp³-hybridized carbons (Fsp3) is 0.375. The zero-order valence-corrected chi connectivity index (χ0v) is 28.4. The van der Waals surface area contributed by atoms with Gasteiger partial charge >= 0.3 is 0 Å². The number of sulfonamides is 1. The molecule has 3 aromatic rings. The number of rotatable bonds is 11. The standard InChI is InChI=1S/C32H35Cl4N3O4S/c1-3-29(32(41)37-25-7-5-4-6-8-25)38(19-22-11-12-23(33)17-28(22)36)31(40)20-39(30-18-24(34)13-16-27(30)35)44(42,43)26-14-9-21(2)10-15-26/h9-18,25,29H,3-8,19-20H2,1-2H3,(H,37,41)/t29-/m1/s1. The van der Waals surface area contributed by atoms with Gasteiger partial charge in [0.25, 0.3) is 10.0 Å². The van der Waals surface area contributed by atoms with E-state index < -0.39 is 28.5 Å². The molecule has 0 bridgehead atoms. The van der Waals surface area contributed by atoms with Gasteiger partial charge in [-0.2, -0.15) is 0 Å². The Bertz CT molecular complexity index is 1600. The van der Waals surface area contributed by atoms with Crippen LogP contribution in [0.5, 0.6) is 0 Å². The van der Waals surface area contributed by atoms with Crippen LogP contribution in [0.4, 0.5) is 5.69 Å². The Morgan fingerprint density at radius 1 is 0.886 bits per heavy atom. The molecule has 44 heavy (non-hydrogen) atoms. The third-order valence-electron chi connectivity index (χ3n) is 7.76. The maximum atomic E-state index is 14.3. The summed E-state index contributed by atoms with van der Waals surface area (Å²) in [5.74, 6) is -0.917. The van der Waals surface area contributed by atoms with Crippen LogP contribution in [-0.2, 0) is 26.2 Å². The summed E-state index contributed by atoms with van der Waals surface area (Å²) in [6, 6.07) is 14.7. The predicted molar refractivity (Wildman–Crippen MR) is 178 cm³/mol. The number of anilines is 1. The second-order valence-electron chi connectivity index (χ2n) is 10.9. The molecule has 236 valence electrons. The lowest BCUT2D eigenvalue weighted by atomic mass is 9.95. The van der Waals surface area contributed by atoms with E-state index in [4.69, 9.17) is 46.4 Å². The first kappa shape index (κ1) is 34.4. The summed E-state index contributed by atoms with van der Waals surface area (Å²) < 4.78 is 29.1. The van der Waals surface area contributed by atoms with Crippen molar-refractivity contribution in [3.8, 4) is 0 Å². The van der Waals surface area contributed by atoms with Gasteiger partial charge in [-0.3, -0.25) is 13.9 Å². The first-order valence-electron chi connectivity index (χ1n) is 14.5. The summed E-state index contributed by atoms with van der Waals surface area (Å²) in [4.78, 5) is 29.4. The molecule has 3 aromatic carbocycles. The summed E-state index contributed by atoms with van der Waals surface area (Å²) in [7, 11) is -4.30. The Morgan fingerprint density at radius 3 is 2.16 bits per heavy atom. The molecule has 1 saturated carbocycles. The van der Waals surface area contributed by atoms with Crippen LogP contribution in [0.2, 0.25) is 20.1 Å². The highest BCUT2D eigenvalue weighted by Crippen LogP contribution is 2.34. The Kier molecular flexibility index (Phi) is 11.9. The highest BCUT2D eigenvalue weighted by Gasteiger charge is 2.35. The minimum absolute atomic E-state index is 0.0186. The summed E-state index contributed by atoms with van der Waals surface area (Å²) in [5.41, 5.74) is 1.47. The predicted octanol–water partition coefficient (Wildman–Crippen LogP) is 8.06. The largest absolute Gasteiger partial charge is 0.352 e. The smallest absolute Gasteiger partial charge is 0.264 e. The van der Waals surface area contributed by atoms with E-state index in [0.717, 1.165) is 42.0 Å². The van der Waals surface area contributed by atoms with Gasteiger partial charge in [-0.05, 0) is 74.2 Å². The Balaban J connectivity index is 1.76. The molecule has 7 nitrogen and oxygen atoms in total. The van der Waals surface area contributed by atoms with E-state index >= 15 is 0 Å². The molecule has 1 N–H and O–H groups in total. The van der Waals surface area contributed by atoms with Crippen LogP contribution in [-0.4, -0.2) is 43.8 Å². The second kappa shape index (κ2) is 15.2. The second-order valence-corrected chi connectivity index (χ2v) is 14.5. The van der Waals surface area contributed by atoms with Crippen LogP contribution in [0.1, 0.15) is 56.6 Å². The molecule has 0 aliphatic heterocycles. The minimum atomic E-state index is -4.30. The van der Waals surface area contributed by atoms with E-state index in [0.29, 0.717) is 15.6 Å². The molecule has 1 aliphatic carbocycles. The van der Waals surface area contributed by atoms with Crippen molar-refractivity contribution in [3.05, 3.63) is 91.9 Å². The lowest BCUT2D eigenvalue weighted by Crippen LogP contribution is -2.54. The Hall–Kier alpha value is -2.49. The average molecular weight is 700 g/mol. The lowest BCUT2D eigenvalue weighted by Gasteiger charge is -2.34. The fourth-order valence-electron chi connectivity index (χ4n) is 5.32. The molecule has 2 amide bonds. The van der Waals surface area contributed by atoms with Gasteiger partial charge in [-0.25, -0.2) is 8.42 Å². The number of carbonyl (C=O) groups excluding carboxylic acids is 2. The zero-order chi connectivity index (χ0) is 32.0. The SMILES string of the molecule is CC[C@H](C(=O)NC1CCCCC1)N(Cc1ccc(Cl)cc1Cl)C(=O)CN(c1cc(Cl)ccc1Cl)S(=O)(=O)c1ccc(C)cc1. The van der Waals surface area contributed by atoms with Gasteiger partial charge in [-0.15, -0.1) is 0 Å². The van der Waals surface area contributed by atoms with Gasteiger partial charge in [0.2, 0.25) is 11.8 Å². The zero-order valence-electron chi connectivity index (χ0n) is 24.5. The summed E-state index contributed by atoms with van der Waals surface area (Å²) >= 11 is 25.4. The quantitative estimate of drug-likeness (QED) is 0.220. The molecule has 1 fully saturated rings. The number of hydrogen-bond acceptors (Lipinski definition) is 4. The molecule has 0 heterocycles. The van der Waals surface area contributed by atoms with Gasteiger partial charge in [0.05, 0.1) is 15.6 Å². The summed E-state index contributed by atoms with van der Waals surface area (Å²) in [5, 5.41) is 4.19. The lowest BCUT2D eigenvalue weighted by molar-refractivity contribution is -0.140. The number of carbonyl (C=O) groups is 2. The molecule has 0 aromatic heterocycles. The molecular weight excluding hydrogens is 664 g/mol. The van der Waals surface area contributed by atoms with E-state index in [2.05, 4.69) is 5.32 Å². The molecule has 0 spiro atoms. The molecule has 0 radical (unpaired) electrons. The van der Waals surface area contributed by atoms with Crippen LogP contribution in [0, 0.1) is 6.92 Å². The number of nitrogens with one attached hydrogen (secondary N) is 1. The van der Waals surface area contributed by atoms with Crippen molar-refractivity contribution in [2.75, 3.05) is 10.8 Å². The Morgan fingerprint density at radius 2 is 1.52 bits per heavy atom. The number of halogens is 4. The molecule has 0 saturated heterocycles. The molecule has 1 atom stereocenters. The van der Waals surface area contributed by atoms with E-state index in [1.165, 1.54) is 35.2 Å². The summed E-state index contributed by atoms with van der Waals surface area (Å²) in [6.45, 7) is 2.96. The number of aryl methyl sites for hydroxylation is 1. The van der Waals surface area contributed by atoms with Gasteiger partial charge in [0.1, 0.15) is 12.6 Å². The van der Waals surface area contributed by atoms with Gasteiger partial charge in [-0.1, -0.05) is 96.4 Å². The third-order valence-corrected chi connectivity index (χ3v) is 10.7. The average Bonchev–Trinajstić information content (AvgIpc) is 2.98. The van der Waals surface area contributed by atoms with Crippen LogP contribution in [0.25, 0.3) is 0 Å². The molecule has 0 unspecified atom stereocenters. The van der Waals surface area contributed by atoms with Crippen molar-refractivity contribution in [1.82, 2.24) is 10.2 Å². The topological polar surface area (TPSA) is 86.8 Å². The monoisotopic (exact) mass is 697 g/mol. The molecular formula is C32H35Cl4N3O4S. The van der Waals surface area contributed by atoms with Crippen molar-refractivity contribution in [3.63, 3.8) is 0 Å². The fourth-order valence-corrected chi connectivity index (χ4v) is 7.65. The van der Waals surface area contributed by atoms with Gasteiger partial charge < -0.3 is 10.2 Å². The molecule has 12 heteroatoms. The van der Waals surface area contributed by atoms with Crippen LogP contribution in [0.3, 0.4) is 0 Å². The normalized spacial score (nSPS) is 14.6. The highest BCUT2D eigenvalue weighted by molar-refractivity contribution is 7.92. The minimum Gasteiger partial charge on any atom is -0.352 e. The van der Waals surface area contributed by atoms with Crippen molar-refractivity contribution in [1.29, 1.82) is 0 Å². The van der Waals surface area contributed by atoms with Gasteiger partial charge in [0, 0.05) is 27.7 Å². The van der Waals surface area contributed by atoms with E-state index in [-0.39, 0.29) is 45.5 Å². The van der Waals surface area contributed by atoms with Gasteiger partial charge in [0.15, 0.2) is 0 Å². The summed E-state index contributed by atoms with van der Waals surface area (Å²) in [6.07, 6.45) is 5.21. The van der Waals surface area contributed by atoms with Crippen LogP contribution in [0.15, 0.2) is 65.6 Å². The van der Waals surface area contributed by atoms with Crippen molar-refractivity contribution in [2.24, 2.45) is 0 Å². The number of nitrogens with zero attached hydrogens (tertiary/aromatic N) is 2. The van der Waals surface area contributed by atoms with Crippen LogP contribution < -0.4 is 9.62 Å². The van der Waals surface area contributed by atoms with E-state index in [1.807, 2.05) is 13.8 Å². The number of hydrogen-bond donors (Lipinski definition) is 1. The maximum Gasteiger partial charge on any atom is 0.264 e. The highest BCUT2D eigenvalue weighted by atomic mass is 35.5. The van der Waals surface area contributed by atoms with Crippen molar-refractivity contribution in [2.45, 2.75) is 75.9 Å². The van der Waals surface area contributed by atoms with Crippen molar-refractivity contribution < 1.29 is 18.0 Å². The van der Waals surface area contributed by atoms with Crippen LogP contribution >= 0.6 is 46.4 Å². The Labute approximate surface area is 279 Å². The molecule has 1 aliphatic rings. The van der Waals surface area contributed by atoms with E-state index in [1.54, 1.807) is 30.3 Å². The maximum absolute atomic E-state index is 14.3.